The van der Waals surface area contributed by atoms with E-state index < -0.39 is 0 Å². The Balaban J connectivity index is 2.10. The van der Waals surface area contributed by atoms with Gasteiger partial charge < -0.3 is 15.5 Å². The first-order valence-corrected chi connectivity index (χ1v) is 6.26. The van der Waals surface area contributed by atoms with E-state index in [4.69, 9.17) is 5.73 Å². The molecule has 5 nitrogen and oxygen atoms in total. The Labute approximate surface area is 108 Å². The molecule has 0 aliphatic carbocycles. The molecule has 0 radical (unpaired) electrons. The predicted molar refractivity (Wildman–Crippen MR) is 69.9 cm³/mol. The van der Waals surface area contributed by atoms with Crippen molar-refractivity contribution in [2.45, 2.75) is 13.0 Å². The van der Waals surface area contributed by atoms with Crippen LogP contribution in [-0.4, -0.2) is 47.5 Å². The van der Waals surface area contributed by atoms with Crippen LogP contribution in [0, 0.1) is 5.92 Å². The fourth-order valence-electron chi connectivity index (χ4n) is 2.23. The summed E-state index contributed by atoms with van der Waals surface area (Å²) in [5.41, 5.74) is 6.55. The molecule has 2 heterocycles. The number of likely N-dealkylation sites (N-methyl/N-ethyl adjacent to an activating group) is 1. The number of urea groups is 1. The molecule has 2 atom stereocenters. The van der Waals surface area contributed by atoms with Gasteiger partial charge in [-0.3, -0.25) is 4.98 Å². The standard InChI is InChI=1S/C13H20N4O/c1-10(7-14)8-17-9-12(16(2)13(17)18)11-5-3-4-6-15-11/h3-6,10,12H,7-9,14H2,1-2H3. The average molecular weight is 248 g/mol. The summed E-state index contributed by atoms with van der Waals surface area (Å²) in [6.07, 6.45) is 1.76. The molecular formula is C13H20N4O. The summed E-state index contributed by atoms with van der Waals surface area (Å²) in [5, 5.41) is 0. The lowest BCUT2D eigenvalue weighted by Crippen LogP contribution is -2.34. The van der Waals surface area contributed by atoms with Crippen LogP contribution < -0.4 is 5.73 Å². The van der Waals surface area contributed by atoms with E-state index in [-0.39, 0.29) is 12.1 Å². The van der Waals surface area contributed by atoms with Gasteiger partial charge in [-0.15, -0.1) is 0 Å². The van der Waals surface area contributed by atoms with Gasteiger partial charge in [-0.25, -0.2) is 4.79 Å². The highest BCUT2D eigenvalue weighted by atomic mass is 16.2. The summed E-state index contributed by atoms with van der Waals surface area (Å²) >= 11 is 0. The Morgan fingerprint density at radius 2 is 2.33 bits per heavy atom. The SMILES string of the molecule is CC(CN)CN1CC(c2ccccn2)N(C)C1=O. The molecule has 2 rings (SSSR count). The van der Waals surface area contributed by atoms with Gasteiger partial charge in [-0.05, 0) is 24.6 Å². The van der Waals surface area contributed by atoms with Gasteiger partial charge in [-0.1, -0.05) is 13.0 Å². The van der Waals surface area contributed by atoms with Crippen LogP contribution in [-0.2, 0) is 0 Å². The fraction of sp³-hybridized carbons (Fsp3) is 0.538. The van der Waals surface area contributed by atoms with Crippen molar-refractivity contribution in [2.24, 2.45) is 11.7 Å². The van der Waals surface area contributed by atoms with Gasteiger partial charge in [0.25, 0.3) is 0 Å². The monoisotopic (exact) mass is 248 g/mol. The molecule has 0 bridgehead atoms. The Hall–Kier alpha value is -1.62. The first kappa shape index (κ1) is 12.8. The van der Waals surface area contributed by atoms with Crippen LogP contribution in [0.2, 0.25) is 0 Å². The lowest BCUT2D eigenvalue weighted by atomic mass is 10.1. The van der Waals surface area contributed by atoms with Crippen LogP contribution in [0.15, 0.2) is 24.4 Å². The highest BCUT2D eigenvalue weighted by molar-refractivity contribution is 5.77. The first-order chi connectivity index (χ1) is 8.63. The van der Waals surface area contributed by atoms with E-state index in [1.807, 2.05) is 30.1 Å². The number of hydrogen-bond acceptors (Lipinski definition) is 3. The Morgan fingerprint density at radius 3 is 2.94 bits per heavy atom. The summed E-state index contributed by atoms with van der Waals surface area (Å²) in [5.74, 6) is 0.324. The molecule has 98 valence electrons. The molecule has 5 heteroatoms. The molecule has 1 fully saturated rings. The smallest absolute Gasteiger partial charge is 0.320 e. The average Bonchev–Trinajstić information content (AvgIpc) is 2.68. The second kappa shape index (κ2) is 5.35. The molecule has 2 unspecified atom stereocenters. The number of hydrogen-bond donors (Lipinski definition) is 1. The highest BCUT2D eigenvalue weighted by Gasteiger charge is 2.36. The van der Waals surface area contributed by atoms with E-state index in [0.717, 1.165) is 5.69 Å². The van der Waals surface area contributed by atoms with Crippen molar-refractivity contribution in [1.82, 2.24) is 14.8 Å². The van der Waals surface area contributed by atoms with Gasteiger partial charge >= 0.3 is 6.03 Å². The zero-order chi connectivity index (χ0) is 13.1. The van der Waals surface area contributed by atoms with Crippen molar-refractivity contribution in [3.8, 4) is 0 Å². The maximum atomic E-state index is 12.1. The van der Waals surface area contributed by atoms with Gasteiger partial charge in [0, 0.05) is 26.3 Å². The molecule has 2 N–H and O–H groups in total. The van der Waals surface area contributed by atoms with E-state index in [0.29, 0.717) is 25.6 Å². The number of carbonyl (C=O) groups is 1. The third-order valence-corrected chi connectivity index (χ3v) is 3.40. The van der Waals surface area contributed by atoms with Crippen LogP contribution in [0.25, 0.3) is 0 Å². The summed E-state index contributed by atoms with van der Waals surface area (Å²) in [7, 11) is 1.83. The van der Waals surface area contributed by atoms with Gasteiger partial charge in [0.2, 0.25) is 0 Å². The molecule has 18 heavy (non-hydrogen) atoms. The van der Waals surface area contributed by atoms with Gasteiger partial charge in [-0.2, -0.15) is 0 Å². The summed E-state index contributed by atoms with van der Waals surface area (Å²) in [4.78, 5) is 20.1. The van der Waals surface area contributed by atoms with Gasteiger partial charge in [0.15, 0.2) is 0 Å². The summed E-state index contributed by atoms with van der Waals surface area (Å²) in [6.45, 7) is 4.06. The molecule has 1 aromatic heterocycles. The van der Waals surface area contributed by atoms with Crippen molar-refractivity contribution < 1.29 is 4.79 Å². The minimum absolute atomic E-state index is 0.0451. The second-order valence-electron chi connectivity index (χ2n) is 4.91. The van der Waals surface area contributed by atoms with Gasteiger partial charge in [0.05, 0.1) is 11.7 Å². The topological polar surface area (TPSA) is 62.5 Å². The first-order valence-electron chi connectivity index (χ1n) is 6.26. The maximum Gasteiger partial charge on any atom is 0.320 e. The Kier molecular flexibility index (Phi) is 3.81. The van der Waals surface area contributed by atoms with Crippen molar-refractivity contribution >= 4 is 6.03 Å². The number of amides is 2. The fourth-order valence-corrected chi connectivity index (χ4v) is 2.23. The molecule has 1 aliphatic heterocycles. The molecular weight excluding hydrogens is 228 g/mol. The lowest BCUT2D eigenvalue weighted by Gasteiger charge is -2.19. The van der Waals surface area contributed by atoms with Crippen LogP contribution in [0.5, 0.6) is 0 Å². The van der Waals surface area contributed by atoms with Crippen LogP contribution in [0.1, 0.15) is 18.7 Å². The molecule has 1 aromatic rings. The van der Waals surface area contributed by atoms with Crippen molar-refractivity contribution in [2.75, 3.05) is 26.7 Å². The highest BCUT2D eigenvalue weighted by Crippen LogP contribution is 2.26. The van der Waals surface area contributed by atoms with E-state index in [1.165, 1.54) is 0 Å². The minimum atomic E-state index is 0.0451. The molecule has 0 spiro atoms. The molecule has 1 aliphatic rings. The number of rotatable bonds is 4. The Bertz CT molecular complexity index is 409. The minimum Gasteiger partial charge on any atom is -0.330 e. The quantitative estimate of drug-likeness (QED) is 0.867. The third-order valence-electron chi connectivity index (χ3n) is 3.40. The zero-order valence-corrected chi connectivity index (χ0v) is 10.9. The van der Waals surface area contributed by atoms with Crippen molar-refractivity contribution in [1.29, 1.82) is 0 Å². The van der Waals surface area contributed by atoms with Crippen molar-refractivity contribution in [3.63, 3.8) is 0 Å². The van der Waals surface area contributed by atoms with E-state index in [2.05, 4.69) is 11.9 Å². The van der Waals surface area contributed by atoms with Gasteiger partial charge in [0.1, 0.15) is 0 Å². The number of pyridine rings is 1. The van der Waals surface area contributed by atoms with E-state index in [9.17, 15) is 4.79 Å². The normalized spacial score (nSPS) is 21.5. The number of aromatic nitrogens is 1. The van der Waals surface area contributed by atoms with Crippen LogP contribution in [0.3, 0.4) is 0 Å². The maximum absolute atomic E-state index is 12.1. The Morgan fingerprint density at radius 1 is 1.56 bits per heavy atom. The lowest BCUT2D eigenvalue weighted by molar-refractivity contribution is 0.191. The van der Waals surface area contributed by atoms with Crippen LogP contribution >= 0.6 is 0 Å². The second-order valence-corrected chi connectivity index (χ2v) is 4.91. The molecule has 0 aromatic carbocycles. The summed E-state index contributed by atoms with van der Waals surface area (Å²) < 4.78 is 0. The largest absolute Gasteiger partial charge is 0.330 e. The molecule has 0 saturated carbocycles. The molecule has 2 amide bonds. The number of carbonyl (C=O) groups excluding carboxylic acids is 1. The summed E-state index contributed by atoms with van der Waals surface area (Å²) in [6, 6.07) is 5.90. The number of nitrogens with two attached hydrogens (primary N) is 1. The number of nitrogens with zero attached hydrogens (tertiary/aromatic N) is 3. The predicted octanol–water partition coefficient (Wildman–Crippen LogP) is 1.08. The molecule has 1 saturated heterocycles. The van der Waals surface area contributed by atoms with E-state index in [1.54, 1.807) is 11.1 Å². The van der Waals surface area contributed by atoms with Crippen molar-refractivity contribution in [3.05, 3.63) is 30.1 Å². The zero-order valence-electron chi connectivity index (χ0n) is 10.9. The van der Waals surface area contributed by atoms with E-state index >= 15 is 0 Å². The third kappa shape index (κ3) is 2.46. The van der Waals surface area contributed by atoms with Crippen LogP contribution in [0.4, 0.5) is 4.79 Å².